The highest BCUT2D eigenvalue weighted by atomic mass is 32.2. The highest BCUT2D eigenvalue weighted by Gasteiger charge is 2.38. The van der Waals surface area contributed by atoms with E-state index >= 15 is 0 Å². The fourth-order valence-electron chi connectivity index (χ4n) is 1.76. The maximum absolute atomic E-state index is 13.6. The summed E-state index contributed by atoms with van der Waals surface area (Å²) in [6.45, 7) is 2.41. The standard InChI is InChI=1S/C15H15FN2O4S2/c1-15(2,17-14(20)11-5-3-4-6-12(11)16)24(21,22)18-13(19)10-7-8-23-9-10/h3-9H,1-2H3,(H,17,20)(H,18,19). The molecule has 1 aromatic carbocycles. The molecule has 0 radical (unpaired) electrons. The van der Waals surface area contributed by atoms with Crippen LogP contribution in [0.1, 0.15) is 34.6 Å². The van der Waals surface area contributed by atoms with Crippen LogP contribution in [0.5, 0.6) is 0 Å². The zero-order valence-electron chi connectivity index (χ0n) is 12.9. The van der Waals surface area contributed by atoms with E-state index in [9.17, 15) is 22.4 Å². The Labute approximate surface area is 142 Å². The minimum Gasteiger partial charge on any atom is -0.332 e. The first-order valence-electron chi connectivity index (χ1n) is 6.80. The zero-order chi connectivity index (χ0) is 18.0. The van der Waals surface area contributed by atoms with Gasteiger partial charge in [-0.2, -0.15) is 11.3 Å². The second kappa shape index (κ2) is 6.70. The largest absolute Gasteiger partial charge is 0.332 e. The van der Waals surface area contributed by atoms with Crippen molar-refractivity contribution in [2.45, 2.75) is 18.7 Å². The third kappa shape index (κ3) is 3.80. The number of hydrogen-bond acceptors (Lipinski definition) is 5. The van der Waals surface area contributed by atoms with Crippen LogP contribution in [0, 0.1) is 5.82 Å². The Morgan fingerprint density at radius 1 is 1.12 bits per heavy atom. The molecule has 2 N–H and O–H groups in total. The number of hydrogen-bond donors (Lipinski definition) is 2. The van der Waals surface area contributed by atoms with Crippen LogP contribution < -0.4 is 10.0 Å². The molecule has 0 atom stereocenters. The van der Waals surface area contributed by atoms with E-state index in [1.54, 1.807) is 5.38 Å². The number of benzene rings is 1. The van der Waals surface area contributed by atoms with Gasteiger partial charge in [0.05, 0.1) is 11.1 Å². The molecule has 0 saturated heterocycles. The van der Waals surface area contributed by atoms with Gasteiger partial charge in [0.2, 0.25) is 0 Å². The van der Waals surface area contributed by atoms with E-state index in [0.29, 0.717) is 0 Å². The van der Waals surface area contributed by atoms with Gasteiger partial charge >= 0.3 is 0 Å². The van der Waals surface area contributed by atoms with Crippen LogP contribution in [-0.4, -0.2) is 25.1 Å². The molecule has 2 rings (SSSR count). The quantitative estimate of drug-likeness (QED) is 0.843. The number of sulfonamides is 1. The number of rotatable bonds is 5. The first kappa shape index (κ1) is 18.1. The smallest absolute Gasteiger partial charge is 0.265 e. The van der Waals surface area contributed by atoms with Gasteiger partial charge < -0.3 is 5.32 Å². The summed E-state index contributed by atoms with van der Waals surface area (Å²) in [5, 5.41) is 5.35. The van der Waals surface area contributed by atoms with Gasteiger partial charge in [-0.05, 0) is 37.4 Å². The molecular weight excluding hydrogens is 355 g/mol. The van der Waals surface area contributed by atoms with Crippen LogP contribution >= 0.6 is 11.3 Å². The molecule has 2 amide bonds. The van der Waals surface area contributed by atoms with Crippen molar-refractivity contribution in [3.8, 4) is 0 Å². The lowest BCUT2D eigenvalue weighted by atomic mass is 10.2. The Kier molecular flexibility index (Phi) is 5.05. The molecule has 0 unspecified atom stereocenters. The summed E-state index contributed by atoms with van der Waals surface area (Å²) in [6.07, 6.45) is 0. The number of halogens is 1. The van der Waals surface area contributed by atoms with Gasteiger partial charge in [-0.25, -0.2) is 17.5 Å². The van der Waals surface area contributed by atoms with Crippen molar-refractivity contribution >= 4 is 33.2 Å². The monoisotopic (exact) mass is 370 g/mol. The minimum absolute atomic E-state index is 0.194. The molecule has 0 bridgehead atoms. The van der Waals surface area contributed by atoms with Gasteiger partial charge in [-0.1, -0.05) is 12.1 Å². The molecule has 2 aromatic rings. The van der Waals surface area contributed by atoms with Crippen LogP contribution in [0.2, 0.25) is 0 Å². The average Bonchev–Trinajstić information content (AvgIpc) is 3.00. The molecule has 0 fully saturated rings. The summed E-state index contributed by atoms with van der Waals surface area (Å²) in [4.78, 5) is 22.2. The minimum atomic E-state index is -4.25. The summed E-state index contributed by atoms with van der Waals surface area (Å²) in [6, 6.07) is 6.67. The Balaban J connectivity index is 2.17. The molecule has 1 aromatic heterocycles. The van der Waals surface area contributed by atoms with Gasteiger partial charge in [0, 0.05) is 5.38 Å². The van der Waals surface area contributed by atoms with E-state index in [0.717, 1.165) is 6.07 Å². The SMILES string of the molecule is CC(C)(NC(=O)c1ccccc1F)S(=O)(=O)NC(=O)c1ccsc1. The van der Waals surface area contributed by atoms with Crippen molar-refractivity contribution in [1.82, 2.24) is 10.0 Å². The van der Waals surface area contributed by atoms with Crippen LogP contribution in [-0.2, 0) is 10.0 Å². The molecule has 0 aliphatic carbocycles. The predicted molar refractivity (Wildman–Crippen MR) is 88.7 cm³/mol. The highest BCUT2D eigenvalue weighted by molar-refractivity contribution is 7.91. The summed E-state index contributed by atoms with van der Waals surface area (Å²) in [5.74, 6) is -2.47. The maximum atomic E-state index is 13.6. The van der Waals surface area contributed by atoms with E-state index in [1.807, 2.05) is 4.72 Å². The van der Waals surface area contributed by atoms with Gasteiger partial charge in [0.1, 0.15) is 5.82 Å². The maximum Gasteiger partial charge on any atom is 0.265 e. The Morgan fingerprint density at radius 3 is 2.38 bits per heavy atom. The van der Waals surface area contributed by atoms with Gasteiger partial charge in [-0.3, -0.25) is 9.59 Å². The molecule has 9 heteroatoms. The zero-order valence-corrected chi connectivity index (χ0v) is 14.5. The molecule has 0 spiro atoms. The number of nitrogens with one attached hydrogen (secondary N) is 2. The molecule has 128 valence electrons. The number of carbonyl (C=O) groups excluding carboxylic acids is 2. The summed E-state index contributed by atoms with van der Waals surface area (Å²) in [5.41, 5.74) is -0.0928. The molecular formula is C15H15FN2O4S2. The highest BCUT2D eigenvalue weighted by Crippen LogP contribution is 2.15. The fraction of sp³-hybridized carbons (Fsp3) is 0.200. The van der Waals surface area contributed by atoms with Gasteiger partial charge in [0.15, 0.2) is 4.87 Å². The van der Waals surface area contributed by atoms with Crippen LogP contribution in [0.15, 0.2) is 41.1 Å². The van der Waals surface area contributed by atoms with Crippen molar-refractivity contribution < 1.29 is 22.4 Å². The number of thiophene rings is 1. The summed E-state index contributed by atoms with van der Waals surface area (Å²) < 4.78 is 40.3. The lowest BCUT2D eigenvalue weighted by molar-refractivity contribution is 0.0923. The second-order valence-corrected chi connectivity index (χ2v) is 8.40. The molecule has 0 aliphatic rings. The number of carbonyl (C=O) groups is 2. The summed E-state index contributed by atoms with van der Waals surface area (Å²) >= 11 is 1.24. The molecule has 0 aliphatic heterocycles. The van der Waals surface area contributed by atoms with E-state index in [-0.39, 0.29) is 11.1 Å². The van der Waals surface area contributed by atoms with Crippen molar-refractivity contribution in [3.05, 3.63) is 58.0 Å². The van der Waals surface area contributed by atoms with Crippen LogP contribution in [0.3, 0.4) is 0 Å². The lowest BCUT2D eigenvalue weighted by Crippen LogP contribution is -2.55. The lowest BCUT2D eigenvalue weighted by Gasteiger charge is -2.26. The Hall–Kier alpha value is -2.26. The fourth-order valence-corrected chi connectivity index (χ4v) is 3.24. The van der Waals surface area contributed by atoms with E-state index in [1.165, 1.54) is 54.8 Å². The van der Waals surface area contributed by atoms with E-state index in [2.05, 4.69) is 5.32 Å². The van der Waals surface area contributed by atoms with Crippen LogP contribution in [0.25, 0.3) is 0 Å². The molecule has 6 nitrogen and oxygen atoms in total. The predicted octanol–water partition coefficient (Wildman–Crippen LogP) is 2.11. The van der Waals surface area contributed by atoms with Crippen molar-refractivity contribution in [1.29, 1.82) is 0 Å². The second-order valence-electron chi connectivity index (χ2n) is 5.39. The third-order valence-corrected chi connectivity index (χ3v) is 5.80. The Bertz CT molecular complexity index is 861. The topological polar surface area (TPSA) is 92.3 Å². The van der Waals surface area contributed by atoms with Gasteiger partial charge in [-0.15, -0.1) is 0 Å². The van der Waals surface area contributed by atoms with Crippen molar-refractivity contribution in [3.63, 3.8) is 0 Å². The van der Waals surface area contributed by atoms with E-state index < -0.39 is 32.5 Å². The first-order valence-corrected chi connectivity index (χ1v) is 9.22. The number of amides is 2. The molecule has 24 heavy (non-hydrogen) atoms. The normalized spacial score (nSPS) is 11.8. The molecule has 1 heterocycles. The summed E-state index contributed by atoms with van der Waals surface area (Å²) in [7, 11) is -4.25. The third-order valence-electron chi connectivity index (χ3n) is 3.22. The first-order chi connectivity index (χ1) is 11.1. The van der Waals surface area contributed by atoms with Crippen LogP contribution in [0.4, 0.5) is 4.39 Å². The van der Waals surface area contributed by atoms with Crippen molar-refractivity contribution in [2.24, 2.45) is 0 Å². The van der Waals surface area contributed by atoms with E-state index in [4.69, 9.17) is 0 Å². The van der Waals surface area contributed by atoms with Gasteiger partial charge in [0.25, 0.3) is 21.8 Å². The van der Waals surface area contributed by atoms with Crippen molar-refractivity contribution in [2.75, 3.05) is 0 Å². The molecule has 0 saturated carbocycles. The average molecular weight is 370 g/mol. The Morgan fingerprint density at radius 2 is 1.79 bits per heavy atom.